The van der Waals surface area contributed by atoms with Gasteiger partial charge in [-0.25, -0.2) is 0 Å². The zero-order valence-corrected chi connectivity index (χ0v) is 10.9. The minimum Gasteiger partial charge on any atom is -0.461 e. The van der Waals surface area contributed by atoms with Crippen molar-refractivity contribution in [3.63, 3.8) is 0 Å². The molecule has 2 aromatic heterocycles. The molecular weight excluding hydrogens is 244 g/mol. The van der Waals surface area contributed by atoms with Gasteiger partial charge in [-0.1, -0.05) is 0 Å². The van der Waals surface area contributed by atoms with Gasteiger partial charge in [-0.3, -0.25) is 4.98 Å². The largest absolute Gasteiger partial charge is 0.461 e. The van der Waals surface area contributed by atoms with E-state index in [4.69, 9.17) is 10.5 Å². The zero-order valence-electron chi connectivity index (χ0n) is 10.9. The van der Waals surface area contributed by atoms with Gasteiger partial charge in [0.05, 0.1) is 6.10 Å². The molecule has 3 N–H and O–H groups in total. The molecule has 0 bridgehead atoms. The van der Waals surface area contributed by atoms with Gasteiger partial charge in [-0.05, 0) is 31.5 Å². The second kappa shape index (κ2) is 5.94. The predicted octanol–water partition coefficient (Wildman–Crippen LogP) is 1.25. The molecule has 7 nitrogen and oxygen atoms in total. The van der Waals surface area contributed by atoms with Crippen molar-refractivity contribution in [1.82, 2.24) is 19.9 Å². The average Bonchev–Trinajstić information content (AvgIpc) is 2.36. The average molecular weight is 260 g/mol. The number of nitrogens with zero attached hydrogens (tertiary/aromatic N) is 4. The van der Waals surface area contributed by atoms with Crippen molar-refractivity contribution >= 4 is 11.9 Å². The Bertz CT molecular complexity index is 531. The predicted molar refractivity (Wildman–Crippen MR) is 71.6 cm³/mol. The minimum absolute atomic E-state index is 0.0187. The Morgan fingerprint density at radius 1 is 1.21 bits per heavy atom. The molecule has 2 heterocycles. The van der Waals surface area contributed by atoms with Crippen LogP contribution in [-0.4, -0.2) is 26.0 Å². The molecule has 0 radical (unpaired) electrons. The van der Waals surface area contributed by atoms with Gasteiger partial charge >= 0.3 is 6.01 Å². The van der Waals surface area contributed by atoms with Crippen LogP contribution in [0.25, 0.3) is 0 Å². The Labute approximate surface area is 111 Å². The van der Waals surface area contributed by atoms with Crippen LogP contribution in [0, 0.1) is 0 Å². The minimum atomic E-state index is -0.0187. The highest BCUT2D eigenvalue weighted by Crippen LogP contribution is 2.11. The van der Waals surface area contributed by atoms with E-state index in [1.54, 1.807) is 12.4 Å². The maximum atomic E-state index is 5.61. The van der Waals surface area contributed by atoms with E-state index < -0.39 is 0 Å². The molecule has 0 aliphatic carbocycles. The molecule has 0 aromatic carbocycles. The first-order valence-corrected chi connectivity index (χ1v) is 5.94. The van der Waals surface area contributed by atoms with Crippen LogP contribution in [0.5, 0.6) is 6.01 Å². The van der Waals surface area contributed by atoms with Crippen LogP contribution in [-0.2, 0) is 6.54 Å². The third-order valence-electron chi connectivity index (χ3n) is 2.17. The van der Waals surface area contributed by atoms with Crippen molar-refractivity contribution < 1.29 is 4.74 Å². The van der Waals surface area contributed by atoms with Crippen molar-refractivity contribution in [1.29, 1.82) is 0 Å². The highest BCUT2D eigenvalue weighted by atomic mass is 16.5. The van der Waals surface area contributed by atoms with Gasteiger partial charge < -0.3 is 15.8 Å². The van der Waals surface area contributed by atoms with Crippen molar-refractivity contribution in [2.24, 2.45) is 0 Å². The fraction of sp³-hybridized carbons (Fsp3) is 0.333. The number of aromatic nitrogens is 4. The van der Waals surface area contributed by atoms with Crippen LogP contribution >= 0.6 is 0 Å². The molecule has 0 aliphatic heterocycles. The fourth-order valence-electron chi connectivity index (χ4n) is 1.40. The summed E-state index contributed by atoms with van der Waals surface area (Å²) >= 11 is 0. The molecule has 19 heavy (non-hydrogen) atoms. The number of nitrogen functional groups attached to an aromatic ring is 1. The van der Waals surface area contributed by atoms with Crippen LogP contribution in [0.15, 0.2) is 24.5 Å². The first kappa shape index (κ1) is 13.0. The van der Waals surface area contributed by atoms with Crippen LogP contribution in [0.3, 0.4) is 0 Å². The Hall–Kier alpha value is -2.44. The first-order valence-electron chi connectivity index (χ1n) is 5.94. The maximum absolute atomic E-state index is 5.61. The third kappa shape index (κ3) is 4.06. The van der Waals surface area contributed by atoms with E-state index in [9.17, 15) is 0 Å². The normalized spacial score (nSPS) is 10.5. The monoisotopic (exact) mass is 260 g/mol. The quantitative estimate of drug-likeness (QED) is 0.834. The number of hydrogen-bond acceptors (Lipinski definition) is 7. The highest BCUT2D eigenvalue weighted by molar-refractivity contribution is 5.33. The smallest absolute Gasteiger partial charge is 0.323 e. The lowest BCUT2D eigenvalue weighted by Crippen LogP contribution is -2.12. The number of pyridine rings is 1. The number of rotatable bonds is 5. The molecule has 0 unspecified atom stereocenters. The zero-order chi connectivity index (χ0) is 13.7. The van der Waals surface area contributed by atoms with E-state index in [0.29, 0.717) is 12.5 Å². The summed E-state index contributed by atoms with van der Waals surface area (Å²) in [5.74, 6) is 0.517. The Kier molecular flexibility index (Phi) is 4.07. The second-order valence-corrected chi connectivity index (χ2v) is 4.18. The summed E-state index contributed by atoms with van der Waals surface area (Å²) in [5.41, 5.74) is 6.68. The van der Waals surface area contributed by atoms with Crippen molar-refractivity contribution in [2.75, 3.05) is 11.1 Å². The van der Waals surface area contributed by atoms with Crippen LogP contribution in [0.1, 0.15) is 19.4 Å². The van der Waals surface area contributed by atoms with Gasteiger partial charge in [0.15, 0.2) is 0 Å². The molecular formula is C12H16N6O. The molecule has 0 aliphatic rings. The van der Waals surface area contributed by atoms with E-state index in [1.165, 1.54) is 0 Å². The molecule has 100 valence electrons. The SMILES string of the molecule is CC(C)Oc1nc(N)nc(NCc2ccncc2)n1. The summed E-state index contributed by atoms with van der Waals surface area (Å²) in [6.45, 7) is 4.36. The number of anilines is 2. The molecule has 0 saturated carbocycles. The Balaban J connectivity index is 2.05. The molecule has 7 heteroatoms. The first-order chi connectivity index (χ1) is 9.13. The molecule has 0 amide bonds. The summed E-state index contributed by atoms with van der Waals surface area (Å²) in [4.78, 5) is 16.0. The van der Waals surface area contributed by atoms with E-state index in [-0.39, 0.29) is 18.1 Å². The Morgan fingerprint density at radius 2 is 1.95 bits per heavy atom. The number of hydrogen-bond donors (Lipinski definition) is 2. The maximum Gasteiger partial charge on any atom is 0.323 e. The van der Waals surface area contributed by atoms with Crippen LogP contribution < -0.4 is 15.8 Å². The van der Waals surface area contributed by atoms with Crippen LogP contribution in [0.4, 0.5) is 11.9 Å². The standard InChI is InChI=1S/C12H16N6O/c1-8(2)19-12-17-10(13)16-11(18-12)15-7-9-3-5-14-6-4-9/h3-6,8H,7H2,1-2H3,(H3,13,15,16,17,18). The van der Waals surface area contributed by atoms with E-state index in [0.717, 1.165) is 5.56 Å². The number of ether oxygens (including phenoxy) is 1. The topological polar surface area (TPSA) is 98.8 Å². The van der Waals surface area contributed by atoms with Crippen LogP contribution in [0.2, 0.25) is 0 Å². The molecule has 0 saturated heterocycles. The van der Waals surface area contributed by atoms with Gasteiger partial charge in [0.2, 0.25) is 11.9 Å². The van der Waals surface area contributed by atoms with E-state index >= 15 is 0 Å². The molecule has 0 fully saturated rings. The molecule has 0 spiro atoms. The lowest BCUT2D eigenvalue weighted by Gasteiger charge is -2.10. The lowest BCUT2D eigenvalue weighted by atomic mass is 10.3. The highest BCUT2D eigenvalue weighted by Gasteiger charge is 2.06. The van der Waals surface area contributed by atoms with Gasteiger partial charge in [0.25, 0.3) is 0 Å². The Morgan fingerprint density at radius 3 is 2.63 bits per heavy atom. The van der Waals surface area contributed by atoms with Gasteiger partial charge in [-0.15, -0.1) is 0 Å². The van der Waals surface area contributed by atoms with Gasteiger partial charge in [-0.2, -0.15) is 15.0 Å². The molecule has 2 aromatic rings. The van der Waals surface area contributed by atoms with Gasteiger partial charge in [0.1, 0.15) is 0 Å². The van der Waals surface area contributed by atoms with E-state index in [2.05, 4.69) is 25.3 Å². The fourth-order valence-corrected chi connectivity index (χ4v) is 1.40. The number of nitrogens with one attached hydrogen (secondary N) is 1. The van der Waals surface area contributed by atoms with Crippen molar-refractivity contribution in [3.8, 4) is 6.01 Å². The van der Waals surface area contributed by atoms with E-state index in [1.807, 2.05) is 26.0 Å². The molecule has 2 rings (SSSR count). The summed E-state index contributed by atoms with van der Waals surface area (Å²) in [5, 5.41) is 3.07. The summed E-state index contributed by atoms with van der Waals surface area (Å²) in [6.07, 6.45) is 3.44. The van der Waals surface area contributed by atoms with Crippen molar-refractivity contribution in [2.45, 2.75) is 26.5 Å². The lowest BCUT2D eigenvalue weighted by molar-refractivity contribution is 0.222. The second-order valence-electron chi connectivity index (χ2n) is 4.18. The van der Waals surface area contributed by atoms with Gasteiger partial charge in [0, 0.05) is 18.9 Å². The summed E-state index contributed by atoms with van der Waals surface area (Å²) < 4.78 is 5.40. The number of nitrogens with two attached hydrogens (primary N) is 1. The summed E-state index contributed by atoms with van der Waals surface area (Å²) in [6, 6.07) is 4.03. The van der Waals surface area contributed by atoms with Crippen molar-refractivity contribution in [3.05, 3.63) is 30.1 Å². The molecule has 0 atom stereocenters. The summed E-state index contributed by atoms with van der Waals surface area (Å²) in [7, 11) is 0. The third-order valence-corrected chi connectivity index (χ3v) is 2.17.